The second-order valence-corrected chi connectivity index (χ2v) is 5.32. The monoisotopic (exact) mass is 286 g/mol. The van der Waals surface area contributed by atoms with Crippen molar-refractivity contribution in [1.82, 2.24) is 5.32 Å². The summed E-state index contributed by atoms with van der Waals surface area (Å²) < 4.78 is 12.9. The first-order chi connectivity index (χ1) is 10.1. The van der Waals surface area contributed by atoms with Crippen molar-refractivity contribution >= 4 is 5.69 Å². The fourth-order valence-electron chi connectivity index (χ4n) is 2.52. The topological polar surface area (TPSA) is 15.3 Å². The van der Waals surface area contributed by atoms with Crippen LogP contribution in [-0.2, 0) is 6.54 Å². The molecule has 0 fully saturated rings. The summed E-state index contributed by atoms with van der Waals surface area (Å²) in [6, 6.07) is 15.7. The minimum absolute atomic E-state index is 0.191. The summed E-state index contributed by atoms with van der Waals surface area (Å²) in [7, 11) is 4.04. The Hall–Kier alpha value is -1.87. The first-order valence-corrected chi connectivity index (χ1v) is 7.37. The summed E-state index contributed by atoms with van der Waals surface area (Å²) in [5.41, 5.74) is 3.57. The molecular formula is C18H23FN2. The van der Waals surface area contributed by atoms with Gasteiger partial charge in [0.1, 0.15) is 5.82 Å². The zero-order chi connectivity index (χ0) is 15.2. The van der Waals surface area contributed by atoms with E-state index >= 15 is 0 Å². The Balaban J connectivity index is 2.05. The molecule has 0 amide bonds. The molecule has 0 spiro atoms. The van der Waals surface area contributed by atoms with Gasteiger partial charge in [0.25, 0.3) is 0 Å². The van der Waals surface area contributed by atoms with E-state index in [1.165, 1.54) is 17.7 Å². The number of nitrogens with zero attached hydrogens (tertiary/aromatic N) is 1. The third-order valence-corrected chi connectivity index (χ3v) is 3.83. The molecule has 0 aromatic heterocycles. The normalized spacial score (nSPS) is 12.2. The Morgan fingerprint density at radius 2 is 1.67 bits per heavy atom. The lowest BCUT2D eigenvalue weighted by Crippen LogP contribution is -2.17. The van der Waals surface area contributed by atoms with E-state index in [1.807, 2.05) is 26.2 Å². The van der Waals surface area contributed by atoms with Crippen molar-refractivity contribution in [2.75, 3.05) is 19.0 Å². The molecule has 2 rings (SSSR count). The number of hydrogen-bond donors (Lipinski definition) is 1. The van der Waals surface area contributed by atoms with E-state index in [0.29, 0.717) is 6.04 Å². The number of anilines is 1. The number of halogens is 1. The van der Waals surface area contributed by atoms with Crippen LogP contribution >= 0.6 is 0 Å². The molecule has 21 heavy (non-hydrogen) atoms. The molecule has 0 aliphatic heterocycles. The summed E-state index contributed by atoms with van der Waals surface area (Å²) in [6.45, 7) is 2.94. The van der Waals surface area contributed by atoms with Gasteiger partial charge in [-0.2, -0.15) is 0 Å². The summed E-state index contributed by atoms with van der Waals surface area (Å²) in [5, 5.41) is 3.31. The number of rotatable bonds is 6. The molecule has 2 nitrogen and oxygen atoms in total. The van der Waals surface area contributed by atoms with Crippen LogP contribution in [0.4, 0.5) is 10.1 Å². The molecule has 3 heteroatoms. The highest BCUT2D eigenvalue weighted by Gasteiger charge is 2.07. The van der Waals surface area contributed by atoms with Crippen molar-refractivity contribution in [3.8, 4) is 0 Å². The molecule has 0 saturated carbocycles. The van der Waals surface area contributed by atoms with Gasteiger partial charge in [-0.1, -0.05) is 31.2 Å². The highest BCUT2D eigenvalue weighted by Crippen LogP contribution is 2.21. The van der Waals surface area contributed by atoms with E-state index in [0.717, 1.165) is 24.2 Å². The zero-order valence-electron chi connectivity index (χ0n) is 12.9. The van der Waals surface area contributed by atoms with Crippen LogP contribution in [0, 0.1) is 5.82 Å². The van der Waals surface area contributed by atoms with E-state index in [2.05, 4.69) is 41.4 Å². The van der Waals surface area contributed by atoms with E-state index in [1.54, 1.807) is 0 Å². The van der Waals surface area contributed by atoms with Crippen molar-refractivity contribution in [2.45, 2.75) is 25.9 Å². The molecule has 2 aromatic rings. The maximum atomic E-state index is 12.9. The van der Waals surface area contributed by atoms with Gasteiger partial charge in [0.15, 0.2) is 0 Å². The number of benzene rings is 2. The van der Waals surface area contributed by atoms with Gasteiger partial charge in [0, 0.05) is 25.3 Å². The van der Waals surface area contributed by atoms with Crippen molar-refractivity contribution in [2.24, 2.45) is 0 Å². The smallest absolute Gasteiger partial charge is 0.123 e. The van der Waals surface area contributed by atoms with Gasteiger partial charge in [-0.05, 0) is 48.9 Å². The van der Waals surface area contributed by atoms with E-state index in [4.69, 9.17) is 0 Å². The first kappa shape index (κ1) is 15.5. The van der Waals surface area contributed by atoms with Crippen LogP contribution in [0.5, 0.6) is 0 Å². The van der Waals surface area contributed by atoms with Gasteiger partial charge >= 0.3 is 0 Å². The van der Waals surface area contributed by atoms with Crippen molar-refractivity contribution in [1.29, 1.82) is 0 Å². The predicted molar refractivity (Wildman–Crippen MR) is 87.0 cm³/mol. The molecule has 1 atom stereocenters. The second-order valence-electron chi connectivity index (χ2n) is 5.32. The third-order valence-electron chi connectivity index (χ3n) is 3.83. The molecule has 0 bridgehead atoms. The molecule has 2 aromatic carbocycles. The lowest BCUT2D eigenvalue weighted by Gasteiger charge is -2.21. The van der Waals surface area contributed by atoms with Gasteiger partial charge in [-0.25, -0.2) is 4.39 Å². The summed E-state index contributed by atoms with van der Waals surface area (Å²) in [5.74, 6) is -0.191. The SMILES string of the molecule is CCC(NC)c1ccc(N(C)Cc2ccc(F)cc2)cc1. The standard InChI is InChI=1S/C18H23FN2/c1-4-18(20-2)15-7-11-17(12-8-15)21(3)13-14-5-9-16(19)10-6-14/h5-12,18,20H,4,13H2,1-3H3. The Morgan fingerprint density at radius 1 is 1.05 bits per heavy atom. The average molecular weight is 286 g/mol. The van der Waals surface area contributed by atoms with Crippen LogP contribution in [0.15, 0.2) is 48.5 Å². The van der Waals surface area contributed by atoms with Crippen LogP contribution < -0.4 is 10.2 Å². The first-order valence-electron chi connectivity index (χ1n) is 7.37. The second kappa shape index (κ2) is 7.23. The zero-order valence-corrected chi connectivity index (χ0v) is 12.9. The van der Waals surface area contributed by atoms with E-state index in [-0.39, 0.29) is 5.82 Å². The molecule has 0 aliphatic carbocycles. The van der Waals surface area contributed by atoms with Gasteiger partial charge in [0.2, 0.25) is 0 Å². The molecule has 0 aliphatic rings. The lowest BCUT2D eigenvalue weighted by molar-refractivity contribution is 0.577. The van der Waals surface area contributed by atoms with Crippen LogP contribution in [0.25, 0.3) is 0 Å². The molecule has 0 heterocycles. The summed E-state index contributed by atoms with van der Waals surface area (Å²) in [4.78, 5) is 2.16. The fraction of sp³-hybridized carbons (Fsp3) is 0.333. The Kier molecular flexibility index (Phi) is 5.34. The minimum atomic E-state index is -0.191. The van der Waals surface area contributed by atoms with Gasteiger partial charge in [-0.3, -0.25) is 0 Å². The number of nitrogens with one attached hydrogen (secondary N) is 1. The summed E-state index contributed by atoms with van der Waals surface area (Å²) >= 11 is 0. The Morgan fingerprint density at radius 3 is 2.19 bits per heavy atom. The molecular weight excluding hydrogens is 263 g/mol. The Labute approximate surface area is 126 Å². The number of hydrogen-bond acceptors (Lipinski definition) is 2. The van der Waals surface area contributed by atoms with Crippen molar-refractivity contribution in [3.05, 3.63) is 65.5 Å². The van der Waals surface area contributed by atoms with Gasteiger partial charge in [0.05, 0.1) is 0 Å². The Bertz CT molecular complexity index is 544. The van der Waals surface area contributed by atoms with Crippen LogP contribution in [-0.4, -0.2) is 14.1 Å². The van der Waals surface area contributed by atoms with Gasteiger partial charge < -0.3 is 10.2 Å². The van der Waals surface area contributed by atoms with E-state index in [9.17, 15) is 4.39 Å². The van der Waals surface area contributed by atoms with Crippen molar-refractivity contribution < 1.29 is 4.39 Å². The quantitative estimate of drug-likeness (QED) is 0.859. The molecule has 112 valence electrons. The molecule has 1 N–H and O–H groups in total. The summed E-state index contributed by atoms with van der Waals surface area (Å²) in [6.07, 6.45) is 1.07. The average Bonchev–Trinajstić information content (AvgIpc) is 2.51. The predicted octanol–water partition coefficient (Wildman–Crippen LogP) is 4.13. The van der Waals surface area contributed by atoms with E-state index < -0.39 is 0 Å². The van der Waals surface area contributed by atoms with Crippen LogP contribution in [0.3, 0.4) is 0 Å². The minimum Gasteiger partial charge on any atom is -0.370 e. The highest BCUT2D eigenvalue weighted by molar-refractivity contribution is 5.48. The van der Waals surface area contributed by atoms with Gasteiger partial charge in [-0.15, -0.1) is 0 Å². The fourth-order valence-corrected chi connectivity index (χ4v) is 2.52. The third kappa shape index (κ3) is 4.05. The molecule has 0 radical (unpaired) electrons. The highest BCUT2D eigenvalue weighted by atomic mass is 19.1. The molecule has 1 unspecified atom stereocenters. The molecule has 0 saturated heterocycles. The largest absolute Gasteiger partial charge is 0.370 e. The maximum Gasteiger partial charge on any atom is 0.123 e. The van der Waals surface area contributed by atoms with Crippen LogP contribution in [0.1, 0.15) is 30.5 Å². The lowest BCUT2D eigenvalue weighted by atomic mass is 10.0. The van der Waals surface area contributed by atoms with Crippen LogP contribution in [0.2, 0.25) is 0 Å². The maximum absolute atomic E-state index is 12.9. The van der Waals surface area contributed by atoms with Crippen molar-refractivity contribution in [3.63, 3.8) is 0 Å².